The summed E-state index contributed by atoms with van der Waals surface area (Å²) in [5.41, 5.74) is 2.25. The fourth-order valence-electron chi connectivity index (χ4n) is 0.815. The number of ether oxygens (including phenoxy) is 2. The van der Waals surface area contributed by atoms with Crippen LogP contribution in [0, 0.1) is 0 Å². The second-order valence-electron chi connectivity index (χ2n) is 2.54. The van der Waals surface area contributed by atoms with E-state index in [1.54, 1.807) is 0 Å². The number of nitrogens with one attached hydrogen (secondary N) is 2. The number of nitrogens with two attached hydrogens (primary N) is 1. The SMILES string of the molecule is COC(=O)CNc1nc(NN)nc(OC)n1. The van der Waals surface area contributed by atoms with E-state index in [4.69, 9.17) is 10.6 Å². The van der Waals surface area contributed by atoms with Crippen LogP contribution < -0.4 is 21.3 Å². The number of methoxy groups -OCH3 is 2. The Morgan fingerprint density at radius 2 is 2.00 bits per heavy atom. The van der Waals surface area contributed by atoms with Gasteiger partial charge < -0.3 is 14.8 Å². The number of hydrogen-bond acceptors (Lipinski definition) is 9. The largest absolute Gasteiger partial charge is 0.468 e. The maximum atomic E-state index is 10.9. The summed E-state index contributed by atoms with van der Waals surface area (Å²) in [6.07, 6.45) is 0. The monoisotopic (exact) mass is 228 g/mol. The average molecular weight is 228 g/mol. The van der Waals surface area contributed by atoms with Crippen molar-refractivity contribution in [2.75, 3.05) is 31.5 Å². The molecule has 1 rings (SSSR count). The smallest absolute Gasteiger partial charge is 0.325 e. The fraction of sp³-hybridized carbons (Fsp3) is 0.429. The number of hydrogen-bond donors (Lipinski definition) is 3. The molecule has 9 nitrogen and oxygen atoms in total. The van der Waals surface area contributed by atoms with Crippen molar-refractivity contribution in [2.24, 2.45) is 5.84 Å². The molecule has 0 unspecified atom stereocenters. The zero-order valence-electron chi connectivity index (χ0n) is 8.85. The molecule has 0 aromatic carbocycles. The van der Waals surface area contributed by atoms with Crippen LogP contribution in [0.3, 0.4) is 0 Å². The summed E-state index contributed by atoms with van der Waals surface area (Å²) in [7, 11) is 2.69. The number of carbonyl (C=O) groups excluding carboxylic acids is 1. The molecular weight excluding hydrogens is 216 g/mol. The third-order valence-electron chi connectivity index (χ3n) is 1.55. The van der Waals surface area contributed by atoms with E-state index >= 15 is 0 Å². The zero-order chi connectivity index (χ0) is 12.0. The van der Waals surface area contributed by atoms with Gasteiger partial charge in [-0.1, -0.05) is 0 Å². The Hall–Kier alpha value is -2.16. The van der Waals surface area contributed by atoms with E-state index in [-0.39, 0.29) is 24.5 Å². The maximum absolute atomic E-state index is 10.9. The molecule has 9 heteroatoms. The molecular formula is C7H12N6O3. The molecule has 0 spiro atoms. The van der Waals surface area contributed by atoms with Crippen molar-refractivity contribution in [3.8, 4) is 6.01 Å². The predicted molar refractivity (Wildman–Crippen MR) is 54.7 cm³/mol. The Labute approximate surface area is 91.3 Å². The van der Waals surface area contributed by atoms with Gasteiger partial charge in [0.25, 0.3) is 0 Å². The predicted octanol–water partition coefficient (Wildman–Crippen LogP) is -1.25. The number of esters is 1. The molecule has 0 atom stereocenters. The van der Waals surface area contributed by atoms with Gasteiger partial charge in [0.1, 0.15) is 6.54 Å². The lowest BCUT2D eigenvalue weighted by Crippen LogP contribution is -2.18. The summed E-state index contributed by atoms with van der Waals surface area (Å²) in [6, 6.07) is 0.0790. The minimum Gasteiger partial charge on any atom is -0.468 e. The lowest BCUT2D eigenvalue weighted by Gasteiger charge is -2.06. The molecule has 1 heterocycles. The van der Waals surface area contributed by atoms with Crippen LogP contribution in [0.4, 0.5) is 11.9 Å². The van der Waals surface area contributed by atoms with Gasteiger partial charge in [-0.3, -0.25) is 10.2 Å². The first kappa shape index (κ1) is 11.9. The van der Waals surface area contributed by atoms with Crippen molar-refractivity contribution < 1.29 is 14.3 Å². The van der Waals surface area contributed by atoms with Crippen molar-refractivity contribution in [3.63, 3.8) is 0 Å². The van der Waals surface area contributed by atoms with Crippen molar-refractivity contribution in [2.45, 2.75) is 0 Å². The highest BCUT2D eigenvalue weighted by molar-refractivity contribution is 5.74. The molecule has 1 aromatic rings. The standard InChI is InChI=1S/C7H12N6O3/c1-15-4(14)3-9-5-10-6(13-8)12-7(11-5)16-2/h3,8H2,1-2H3,(H2,9,10,11,12,13). The minimum atomic E-state index is -0.443. The Bertz CT molecular complexity index is 349. The Balaban J connectivity index is 2.74. The molecule has 4 N–H and O–H groups in total. The highest BCUT2D eigenvalue weighted by Gasteiger charge is 2.07. The van der Waals surface area contributed by atoms with Gasteiger partial charge >= 0.3 is 12.0 Å². The number of aromatic nitrogens is 3. The molecule has 0 amide bonds. The van der Waals surface area contributed by atoms with Crippen LogP contribution in [0.2, 0.25) is 0 Å². The van der Waals surface area contributed by atoms with Gasteiger partial charge in [0.2, 0.25) is 11.9 Å². The zero-order valence-corrected chi connectivity index (χ0v) is 8.85. The van der Waals surface area contributed by atoms with Crippen molar-refractivity contribution in [3.05, 3.63) is 0 Å². The van der Waals surface area contributed by atoms with Crippen LogP contribution in [-0.4, -0.2) is 41.7 Å². The summed E-state index contributed by atoms with van der Waals surface area (Å²) in [4.78, 5) is 22.3. The van der Waals surface area contributed by atoms with Gasteiger partial charge in [-0.2, -0.15) is 15.0 Å². The van der Waals surface area contributed by atoms with Crippen LogP contribution in [0.25, 0.3) is 0 Å². The topological polar surface area (TPSA) is 124 Å². The van der Waals surface area contributed by atoms with E-state index in [9.17, 15) is 4.79 Å². The molecule has 0 radical (unpaired) electrons. The summed E-state index contributed by atoms with van der Waals surface area (Å²) in [5, 5.41) is 2.63. The summed E-state index contributed by atoms with van der Waals surface area (Å²) in [6.45, 7) is -0.0618. The van der Waals surface area contributed by atoms with Crippen LogP contribution in [0.15, 0.2) is 0 Å². The minimum absolute atomic E-state index is 0.0618. The first-order valence-electron chi connectivity index (χ1n) is 4.27. The number of rotatable bonds is 5. The number of carbonyl (C=O) groups is 1. The van der Waals surface area contributed by atoms with Gasteiger partial charge in [-0.25, -0.2) is 5.84 Å². The molecule has 88 valence electrons. The lowest BCUT2D eigenvalue weighted by molar-refractivity contribution is -0.138. The maximum Gasteiger partial charge on any atom is 0.325 e. The molecule has 0 aliphatic carbocycles. The quantitative estimate of drug-likeness (QED) is 0.322. The third-order valence-corrected chi connectivity index (χ3v) is 1.55. The Morgan fingerprint density at radius 3 is 2.56 bits per heavy atom. The summed E-state index contributed by atoms with van der Waals surface area (Å²) in [5.74, 6) is 4.99. The van der Waals surface area contributed by atoms with Crippen LogP contribution >= 0.6 is 0 Å². The molecule has 0 saturated carbocycles. The molecule has 0 fully saturated rings. The Morgan fingerprint density at radius 1 is 1.31 bits per heavy atom. The van der Waals surface area contributed by atoms with Gasteiger partial charge in [0.15, 0.2) is 0 Å². The van der Waals surface area contributed by atoms with E-state index in [0.29, 0.717) is 0 Å². The lowest BCUT2D eigenvalue weighted by atomic mass is 10.6. The Kier molecular flexibility index (Phi) is 4.21. The second kappa shape index (κ2) is 5.66. The van der Waals surface area contributed by atoms with Crippen LogP contribution in [0.1, 0.15) is 0 Å². The summed E-state index contributed by atoms with van der Waals surface area (Å²) >= 11 is 0. The van der Waals surface area contributed by atoms with E-state index in [1.807, 2.05) is 0 Å². The third kappa shape index (κ3) is 3.20. The first-order chi connectivity index (χ1) is 7.69. The number of hydrazine groups is 1. The highest BCUT2D eigenvalue weighted by Crippen LogP contribution is 2.09. The normalized spacial score (nSPS) is 9.44. The molecule has 1 aromatic heterocycles. The van der Waals surface area contributed by atoms with Gasteiger partial charge in [-0.05, 0) is 0 Å². The van der Waals surface area contributed by atoms with Gasteiger partial charge in [0, 0.05) is 0 Å². The van der Waals surface area contributed by atoms with E-state index < -0.39 is 5.97 Å². The number of anilines is 2. The van der Waals surface area contributed by atoms with Crippen molar-refractivity contribution in [1.29, 1.82) is 0 Å². The second-order valence-corrected chi connectivity index (χ2v) is 2.54. The van der Waals surface area contributed by atoms with Crippen molar-refractivity contribution >= 4 is 17.9 Å². The highest BCUT2D eigenvalue weighted by atomic mass is 16.5. The summed E-state index contributed by atoms with van der Waals surface area (Å²) < 4.78 is 9.26. The molecule has 16 heavy (non-hydrogen) atoms. The molecule has 0 aliphatic rings. The van der Waals surface area contributed by atoms with Gasteiger partial charge in [0.05, 0.1) is 14.2 Å². The van der Waals surface area contributed by atoms with Crippen LogP contribution in [0.5, 0.6) is 6.01 Å². The van der Waals surface area contributed by atoms with Gasteiger partial charge in [-0.15, -0.1) is 0 Å². The number of nitrogens with zero attached hydrogens (tertiary/aromatic N) is 3. The molecule has 0 bridgehead atoms. The molecule has 0 saturated heterocycles. The van der Waals surface area contributed by atoms with E-state index in [0.717, 1.165) is 0 Å². The fourth-order valence-corrected chi connectivity index (χ4v) is 0.815. The van der Waals surface area contributed by atoms with Crippen molar-refractivity contribution in [1.82, 2.24) is 15.0 Å². The molecule has 0 aliphatic heterocycles. The van der Waals surface area contributed by atoms with Crippen LogP contribution in [-0.2, 0) is 9.53 Å². The van der Waals surface area contributed by atoms with E-state index in [2.05, 4.69) is 30.4 Å². The first-order valence-corrected chi connectivity index (χ1v) is 4.27. The number of nitrogen functional groups attached to an aromatic ring is 1. The van der Waals surface area contributed by atoms with E-state index in [1.165, 1.54) is 14.2 Å². The average Bonchev–Trinajstić information content (AvgIpc) is 2.35.